The van der Waals surface area contributed by atoms with Gasteiger partial charge in [0.1, 0.15) is 0 Å². The number of rotatable bonds is 0. The minimum atomic E-state index is -0.434. The lowest BCUT2D eigenvalue weighted by Gasteiger charge is -2.54. The van der Waals surface area contributed by atoms with Crippen LogP contribution in [0.15, 0.2) is 68.8 Å². The summed E-state index contributed by atoms with van der Waals surface area (Å²) in [5, 5.41) is 3.81. The molecule has 6 nitrogen and oxygen atoms in total. The third kappa shape index (κ3) is 3.84. The number of H-pyrrole nitrogens is 2. The van der Waals surface area contributed by atoms with Gasteiger partial charge in [-0.1, -0.05) is 29.4 Å². The number of aromatic amines is 2. The van der Waals surface area contributed by atoms with E-state index in [1.54, 1.807) is 12.1 Å². The molecule has 194 valence electrons. The summed E-state index contributed by atoms with van der Waals surface area (Å²) < 4.78 is 0. The molecule has 1 saturated heterocycles. The van der Waals surface area contributed by atoms with Gasteiger partial charge in [0.15, 0.2) is 0 Å². The normalized spacial score (nSPS) is 34.2. The van der Waals surface area contributed by atoms with Crippen LogP contribution in [0.2, 0.25) is 0 Å². The van der Waals surface area contributed by atoms with E-state index in [1.165, 1.54) is 35.1 Å². The average molecular weight is 499 g/mol. The lowest BCUT2D eigenvalue weighted by Crippen LogP contribution is -2.58. The van der Waals surface area contributed by atoms with Gasteiger partial charge in [-0.15, -0.1) is 0 Å². The van der Waals surface area contributed by atoms with E-state index >= 15 is 0 Å². The molecule has 6 heteroatoms. The molecule has 37 heavy (non-hydrogen) atoms. The topological polar surface area (TPSA) is 104 Å². The zero-order valence-corrected chi connectivity index (χ0v) is 22.1. The van der Waals surface area contributed by atoms with Crippen molar-refractivity contribution in [3.63, 3.8) is 0 Å². The van der Waals surface area contributed by atoms with Crippen LogP contribution in [0.4, 0.5) is 0 Å². The van der Waals surface area contributed by atoms with E-state index in [2.05, 4.69) is 60.4 Å². The van der Waals surface area contributed by atoms with E-state index in [1.807, 2.05) is 6.07 Å². The number of pyridine rings is 2. The molecular weight excluding hydrogens is 460 g/mol. The molecule has 4 aliphatic carbocycles. The molecule has 1 fully saturated rings. The SMILES string of the molecule is CC1=C[C@H]2Cc3[nH]c(=O)ccc3[C@]3(C1)NCCC[C@H]23.CC=C1[C@H]2C=C(C)C[C@]1(N)c1ccc(=O)[nH]c1C2. The Balaban J connectivity index is 0.000000136. The number of aromatic nitrogens is 2. The van der Waals surface area contributed by atoms with Crippen LogP contribution in [0, 0.1) is 17.8 Å². The van der Waals surface area contributed by atoms with Crippen molar-refractivity contribution in [1.29, 1.82) is 0 Å². The molecular formula is C31H38N4O2. The molecule has 1 aliphatic heterocycles. The Morgan fingerprint density at radius 1 is 0.919 bits per heavy atom. The van der Waals surface area contributed by atoms with Gasteiger partial charge in [-0.3, -0.25) is 9.59 Å². The molecule has 7 rings (SSSR count). The molecule has 5 N–H and O–H groups in total. The van der Waals surface area contributed by atoms with E-state index in [9.17, 15) is 9.59 Å². The summed E-state index contributed by atoms with van der Waals surface area (Å²) in [6.45, 7) is 7.53. The monoisotopic (exact) mass is 498 g/mol. The van der Waals surface area contributed by atoms with Crippen LogP contribution in [0.25, 0.3) is 0 Å². The highest BCUT2D eigenvalue weighted by molar-refractivity contribution is 5.49. The van der Waals surface area contributed by atoms with Crippen molar-refractivity contribution in [2.75, 3.05) is 6.54 Å². The second-order valence-electron chi connectivity index (χ2n) is 11.9. The highest BCUT2D eigenvalue weighted by Crippen LogP contribution is 2.52. The van der Waals surface area contributed by atoms with Gasteiger partial charge in [-0.05, 0) is 107 Å². The molecule has 2 aromatic heterocycles. The van der Waals surface area contributed by atoms with Crippen molar-refractivity contribution in [1.82, 2.24) is 15.3 Å². The summed E-state index contributed by atoms with van der Waals surface area (Å²) in [5.74, 6) is 1.62. The molecule has 0 spiro atoms. The van der Waals surface area contributed by atoms with Gasteiger partial charge in [-0.2, -0.15) is 0 Å². The van der Waals surface area contributed by atoms with Crippen molar-refractivity contribution < 1.29 is 0 Å². The number of hydrogen-bond donors (Lipinski definition) is 4. The van der Waals surface area contributed by atoms with Crippen LogP contribution in [0.3, 0.4) is 0 Å². The number of nitrogens with two attached hydrogens (primary N) is 1. The molecule has 4 bridgehead atoms. The number of nitrogens with one attached hydrogen (secondary N) is 3. The summed E-state index contributed by atoms with van der Waals surface area (Å²) in [7, 11) is 0. The first-order valence-corrected chi connectivity index (χ1v) is 13.7. The molecule has 0 saturated carbocycles. The Morgan fingerprint density at radius 2 is 1.59 bits per heavy atom. The smallest absolute Gasteiger partial charge is 0.248 e. The zero-order valence-electron chi connectivity index (χ0n) is 22.1. The number of hydrogen-bond acceptors (Lipinski definition) is 4. The van der Waals surface area contributed by atoms with Crippen LogP contribution in [0.1, 0.15) is 69.0 Å². The lowest BCUT2D eigenvalue weighted by atomic mass is 9.57. The highest BCUT2D eigenvalue weighted by atomic mass is 16.1. The summed E-state index contributed by atoms with van der Waals surface area (Å²) in [5.41, 5.74) is 15.0. The molecule has 5 aliphatic rings. The van der Waals surface area contributed by atoms with Gasteiger partial charge in [0.2, 0.25) is 11.1 Å². The average Bonchev–Trinajstić information content (AvgIpc) is 2.83. The minimum absolute atomic E-state index is 0.0307. The predicted molar refractivity (Wildman–Crippen MR) is 147 cm³/mol. The minimum Gasteiger partial charge on any atom is -0.326 e. The maximum Gasteiger partial charge on any atom is 0.248 e. The van der Waals surface area contributed by atoms with Crippen molar-refractivity contribution in [2.24, 2.45) is 23.5 Å². The van der Waals surface area contributed by atoms with Gasteiger partial charge in [0.05, 0.1) is 11.1 Å². The van der Waals surface area contributed by atoms with E-state index in [0.717, 1.165) is 49.2 Å². The molecule has 0 aromatic carbocycles. The van der Waals surface area contributed by atoms with E-state index in [0.29, 0.717) is 17.8 Å². The molecule has 0 radical (unpaired) electrons. The molecule has 0 amide bonds. The van der Waals surface area contributed by atoms with Crippen LogP contribution >= 0.6 is 0 Å². The first-order valence-electron chi connectivity index (χ1n) is 13.7. The molecule has 3 heterocycles. The van der Waals surface area contributed by atoms with Gasteiger partial charge >= 0.3 is 0 Å². The van der Waals surface area contributed by atoms with E-state index < -0.39 is 5.54 Å². The van der Waals surface area contributed by atoms with Gasteiger partial charge < -0.3 is 21.0 Å². The number of allylic oxidation sites excluding steroid dienone is 3. The van der Waals surface area contributed by atoms with Crippen LogP contribution in [0.5, 0.6) is 0 Å². The van der Waals surface area contributed by atoms with Gasteiger partial charge in [0, 0.05) is 29.4 Å². The fraction of sp³-hybridized carbons (Fsp3) is 0.484. The standard InChI is InChI=1S/C16H20N2O.C15H18N2O/c1-10-7-11-8-14-13(4-5-15(19)18-14)16(9-10)12(11)3-2-6-17-16;1-3-11-10-6-9(2)8-15(11,16)12-4-5-14(18)17-13(12)7-10/h4-5,7,11-12,17H,2-3,6,8-9H2,1H3,(H,18,19);3-6,10H,7-8,16H2,1-2H3,(H,17,18)/t11-,12+,16+;10-,15+/m00/s1. The Bertz CT molecular complexity index is 1460. The summed E-state index contributed by atoms with van der Waals surface area (Å²) in [6, 6.07) is 7.23. The predicted octanol–water partition coefficient (Wildman–Crippen LogP) is 4.09. The van der Waals surface area contributed by atoms with Crippen molar-refractivity contribution >= 4 is 0 Å². The molecule has 2 aromatic rings. The van der Waals surface area contributed by atoms with E-state index in [-0.39, 0.29) is 16.7 Å². The van der Waals surface area contributed by atoms with Gasteiger partial charge in [0.25, 0.3) is 0 Å². The zero-order chi connectivity index (χ0) is 25.9. The molecule has 0 unspecified atom stereocenters. The van der Waals surface area contributed by atoms with Crippen molar-refractivity contribution in [2.45, 2.75) is 70.4 Å². The lowest BCUT2D eigenvalue weighted by molar-refractivity contribution is 0.0883. The van der Waals surface area contributed by atoms with Gasteiger partial charge in [-0.25, -0.2) is 0 Å². The van der Waals surface area contributed by atoms with E-state index in [4.69, 9.17) is 5.73 Å². The third-order valence-corrected chi connectivity index (χ3v) is 9.43. The van der Waals surface area contributed by atoms with Crippen LogP contribution < -0.4 is 22.2 Å². The maximum atomic E-state index is 11.6. The van der Waals surface area contributed by atoms with Crippen LogP contribution in [-0.4, -0.2) is 16.5 Å². The third-order valence-electron chi connectivity index (χ3n) is 9.43. The fourth-order valence-electron chi connectivity index (χ4n) is 8.26. The van der Waals surface area contributed by atoms with Crippen molar-refractivity contribution in [3.8, 4) is 0 Å². The Kier molecular flexibility index (Phi) is 5.81. The Hall–Kier alpha value is -2.96. The maximum absolute atomic E-state index is 11.6. The van der Waals surface area contributed by atoms with Crippen LogP contribution in [-0.2, 0) is 23.9 Å². The molecule has 5 atom stereocenters. The fourth-order valence-corrected chi connectivity index (χ4v) is 8.26. The summed E-state index contributed by atoms with van der Waals surface area (Å²) >= 11 is 0. The quantitative estimate of drug-likeness (QED) is 0.411. The first-order chi connectivity index (χ1) is 17.7. The van der Waals surface area contributed by atoms with Crippen molar-refractivity contribution in [3.05, 3.63) is 102 Å². The Morgan fingerprint density at radius 3 is 2.32 bits per heavy atom. The highest BCUT2D eigenvalue weighted by Gasteiger charge is 2.51. The number of fused-ring (bicyclic) bond motifs is 5. The second kappa shape index (κ2) is 8.81. The number of piperidine rings is 1. The summed E-state index contributed by atoms with van der Waals surface area (Å²) in [4.78, 5) is 29.1. The Labute approximate surface area is 218 Å². The largest absolute Gasteiger partial charge is 0.326 e. The second-order valence-corrected chi connectivity index (χ2v) is 11.9. The summed E-state index contributed by atoms with van der Waals surface area (Å²) in [6.07, 6.45) is 13.2. The first kappa shape index (κ1) is 24.4.